The molecule has 57 heavy (non-hydrogen) atoms. The van der Waals surface area contributed by atoms with Crippen molar-refractivity contribution in [3.8, 4) is 33.9 Å². The number of anilines is 5. The first-order valence-corrected chi connectivity index (χ1v) is 18.3. The summed E-state index contributed by atoms with van der Waals surface area (Å²) in [5.41, 5.74) is 8.70. The van der Waals surface area contributed by atoms with Gasteiger partial charge in [-0.15, -0.1) is 18.2 Å². The predicted octanol–water partition coefficient (Wildman–Crippen LogP) is 13.1. The van der Waals surface area contributed by atoms with Gasteiger partial charge in [-0.1, -0.05) is 104 Å². The summed E-state index contributed by atoms with van der Waals surface area (Å²) >= 11 is 0. The Morgan fingerprint density at radius 1 is 0.649 bits per heavy atom. The third-order valence-electron chi connectivity index (χ3n) is 9.65. The maximum Gasteiger partial charge on any atom is 2.00 e. The number of aromatic nitrogens is 2. The average molecular weight is 853 g/mol. The number of pyridine rings is 2. The van der Waals surface area contributed by atoms with Gasteiger partial charge in [-0.2, -0.15) is 0 Å². The third kappa shape index (κ3) is 8.66. The molecule has 2 aromatic heterocycles. The minimum Gasteiger partial charge on any atom is -0.500 e. The molecule has 0 bridgehead atoms. The van der Waals surface area contributed by atoms with Crippen LogP contribution in [0.2, 0.25) is 0 Å². The molecule has 5 aromatic carbocycles. The van der Waals surface area contributed by atoms with Crippen LogP contribution in [-0.2, 0) is 25.8 Å². The van der Waals surface area contributed by atoms with Crippen LogP contribution in [0.25, 0.3) is 22.4 Å². The molecule has 0 saturated heterocycles. The molecule has 0 aliphatic rings. The molecule has 0 radical (unpaired) electrons. The normalized spacial score (nSPS) is 11.2. The van der Waals surface area contributed by atoms with E-state index in [1.165, 1.54) is 11.8 Å². The molecule has 0 unspecified atom stereocenters. The molecule has 0 aliphatic carbocycles. The second-order valence-electron chi connectivity index (χ2n) is 14.9. The Morgan fingerprint density at radius 3 is 1.88 bits per heavy atom. The number of ether oxygens (including phenoxy) is 1. The molecule has 5 nitrogen and oxygen atoms in total. The molecule has 0 saturated carbocycles. The predicted molar refractivity (Wildman–Crippen MR) is 219 cm³/mol. The summed E-state index contributed by atoms with van der Waals surface area (Å²) in [6.45, 7) is 12.3. The maximum atomic E-state index is 15.7. The standard InChI is InChI=1S/C48H41F3N4O.Pd/c1-30-22-31(2)44(32(3)23-30)33-18-20-53-43(24-33)54(7)37-26-38(55(35-14-10-8-11-15-35)36-16-12-9-13-17-36)28-39(27-37)56-42-29-40(45(49)47(51)46(42)50)41-25-34(19-21-52-41)48(4,5)6;/h8-26,28H,1-7H3;/q-2;+2. The Hall–Kier alpha value is -5.75. The van der Waals surface area contributed by atoms with Crippen molar-refractivity contribution in [2.24, 2.45) is 0 Å². The first kappa shape index (κ1) is 40.9. The SMILES string of the molecule is Cc1cc(C)c(-c2ccnc(N(C)c3[c-]c(Oc4[c-]c(-c5cc(C(C)(C)C)ccn5)c(F)c(F)c4F)cc(N(c4ccccc4)c4ccccc4)c3)c2)c(C)c1.[Pd+2]. The van der Waals surface area contributed by atoms with Gasteiger partial charge in [0, 0.05) is 36.6 Å². The zero-order valence-electron chi connectivity index (χ0n) is 32.7. The minimum atomic E-state index is -1.69. The Balaban J connectivity index is 0.00000549. The molecule has 290 valence electrons. The molecule has 9 heteroatoms. The van der Waals surface area contributed by atoms with E-state index >= 15 is 13.2 Å². The van der Waals surface area contributed by atoms with E-state index in [1.54, 1.807) is 24.4 Å². The van der Waals surface area contributed by atoms with Gasteiger partial charge < -0.3 is 19.5 Å². The fraction of sp³-hybridized carbons (Fsp3) is 0.167. The summed E-state index contributed by atoms with van der Waals surface area (Å²) in [7, 11) is 1.85. The van der Waals surface area contributed by atoms with Crippen molar-refractivity contribution < 1.29 is 38.3 Å². The molecule has 0 N–H and O–H groups in total. The molecule has 0 aliphatic heterocycles. The van der Waals surface area contributed by atoms with E-state index in [9.17, 15) is 0 Å². The maximum absolute atomic E-state index is 15.7. The zero-order valence-corrected chi connectivity index (χ0v) is 34.2. The fourth-order valence-corrected chi connectivity index (χ4v) is 6.92. The van der Waals surface area contributed by atoms with Crippen molar-refractivity contribution in [3.63, 3.8) is 0 Å². The summed E-state index contributed by atoms with van der Waals surface area (Å²) in [5, 5.41) is 0. The number of nitrogens with zero attached hydrogens (tertiary/aromatic N) is 4. The van der Waals surface area contributed by atoms with E-state index in [4.69, 9.17) is 9.72 Å². The molecular weight excluding hydrogens is 812 g/mol. The zero-order chi connectivity index (χ0) is 39.7. The van der Waals surface area contributed by atoms with Crippen LogP contribution in [0.15, 0.2) is 122 Å². The Bertz CT molecular complexity index is 2480. The molecule has 0 spiro atoms. The van der Waals surface area contributed by atoms with Crippen LogP contribution in [-0.4, -0.2) is 17.0 Å². The van der Waals surface area contributed by atoms with Crippen molar-refractivity contribution in [1.82, 2.24) is 9.97 Å². The van der Waals surface area contributed by atoms with Gasteiger partial charge in [-0.3, -0.25) is 8.78 Å². The van der Waals surface area contributed by atoms with E-state index in [0.29, 0.717) is 17.2 Å². The van der Waals surface area contributed by atoms with Gasteiger partial charge in [0.15, 0.2) is 0 Å². The smallest absolute Gasteiger partial charge is 0.500 e. The molecule has 2 heterocycles. The molecule has 7 aromatic rings. The number of rotatable bonds is 9. The van der Waals surface area contributed by atoms with Crippen LogP contribution in [0.5, 0.6) is 11.5 Å². The summed E-state index contributed by atoms with van der Waals surface area (Å²) in [5.74, 6) is -4.61. The second-order valence-corrected chi connectivity index (χ2v) is 14.9. The number of benzene rings is 5. The van der Waals surface area contributed by atoms with Gasteiger partial charge >= 0.3 is 20.4 Å². The van der Waals surface area contributed by atoms with Crippen LogP contribution in [0.4, 0.5) is 41.7 Å². The van der Waals surface area contributed by atoms with E-state index in [-0.39, 0.29) is 42.8 Å². The quantitative estimate of drug-likeness (QED) is 0.0822. The van der Waals surface area contributed by atoms with Crippen LogP contribution in [0.3, 0.4) is 0 Å². The number of halogens is 3. The van der Waals surface area contributed by atoms with Crippen molar-refractivity contribution in [3.05, 3.63) is 173 Å². The van der Waals surface area contributed by atoms with Gasteiger partial charge in [0.25, 0.3) is 0 Å². The molecule has 7 rings (SSSR count). The first-order chi connectivity index (χ1) is 26.8. The average Bonchev–Trinajstić information content (AvgIpc) is 3.18. The van der Waals surface area contributed by atoms with Gasteiger partial charge in [0.2, 0.25) is 0 Å². The Kier molecular flexibility index (Phi) is 12.0. The summed E-state index contributed by atoms with van der Waals surface area (Å²) in [6.07, 6.45) is 3.27. The number of aryl methyl sites for hydroxylation is 3. The third-order valence-corrected chi connectivity index (χ3v) is 9.65. The van der Waals surface area contributed by atoms with E-state index in [2.05, 4.69) is 50.0 Å². The van der Waals surface area contributed by atoms with Gasteiger partial charge in [0.05, 0.1) is 11.6 Å². The fourth-order valence-electron chi connectivity index (χ4n) is 6.92. The second kappa shape index (κ2) is 16.8. The summed E-state index contributed by atoms with van der Waals surface area (Å²) in [4.78, 5) is 12.9. The van der Waals surface area contributed by atoms with E-state index < -0.39 is 23.2 Å². The van der Waals surface area contributed by atoms with Gasteiger partial charge in [-0.25, -0.2) is 9.37 Å². The Labute approximate surface area is 346 Å². The largest absolute Gasteiger partial charge is 2.00 e. The van der Waals surface area contributed by atoms with E-state index in [0.717, 1.165) is 39.2 Å². The van der Waals surface area contributed by atoms with Gasteiger partial charge in [-0.05, 0) is 102 Å². The number of para-hydroxylation sites is 2. The number of hydrogen-bond donors (Lipinski definition) is 0. The Morgan fingerprint density at radius 2 is 1.26 bits per heavy atom. The topological polar surface area (TPSA) is 41.5 Å². The van der Waals surface area contributed by atoms with Crippen LogP contribution >= 0.6 is 0 Å². The number of hydrogen-bond acceptors (Lipinski definition) is 5. The monoisotopic (exact) mass is 852 g/mol. The summed E-state index contributed by atoms with van der Waals surface area (Å²) in [6, 6.07) is 40.7. The minimum absolute atomic E-state index is 0. The molecular formula is C48H41F3N4OPd. The molecule has 0 amide bonds. The summed E-state index contributed by atoms with van der Waals surface area (Å²) < 4.78 is 52.7. The van der Waals surface area contributed by atoms with E-state index in [1.807, 2.05) is 116 Å². The first-order valence-electron chi connectivity index (χ1n) is 18.3. The van der Waals surface area contributed by atoms with Crippen molar-refractivity contribution in [1.29, 1.82) is 0 Å². The van der Waals surface area contributed by atoms with Crippen LogP contribution in [0, 0.1) is 50.4 Å². The molecule has 0 fully saturated rings. The van der Waals surface area contributed by atoms with Crippen molar-refractivity contribution >= 4 is 28.6 Å². The van der Waals surface area contributed by atoms with Crippen molar-refractivity contribution in [2.75, 3.05) is 16.8 Å². The van der Waals surface area contributed by atoms with Crippen molar-refractivity contribution in [2.45, 2.75) is 47.0 Å². The molecule has 0 atom stereocenters. The van der Waals surface area contributed by atoms with Gasteiger partial charge in [0.1, 0.15) is 17.5 Å². The van der Waals surface area contributed by atoms with Crippen LogP contribution < -0.4 is 14.5 Å². The van der Waals surface area contributed by atoms with Crippen LogP contribution in [0.1, 0.15) is 43.0 Å².